The molecule has 1 fully saturated rings. The van der Waals surface area contributed by atoms with Crippen molar-refractivity contribution in [1.29, 1.82) is 0 Å². The third kappa shape index (κ3) is 2.55. The molecule has 1 saturated heterocycles. The molecule has 28 heavy (non-hydrogen) atoms. The van der Waals surface area contributed by atoms with Gasteiger partial charge in [0.15, 0.2) is 11.3 Å². The molecule has 5 rings (SSSR count). The van der Waals surface area contributed by atoms with E-state index < -0.39 is 5.69 Å². The molecule has 140 valence electrons. The summed E-state index contributed by atoms with van der Waals surface area (Å²) in [5.41, 5.74) is 0.455. The van der Waals surface area contributed by atoms with Gasteiger partial charge >= 0.3 is 5.69 Å². The van der Waals surface area contributed by atoms with Crippen LogP contribution < -0.4 is 5.69 Å². The van der Waals surface area contributed by atoms with Crippen molar-refractivity contribution in [1.82, 2.24) is 29.3 Å². The van der Waals surface area contributed by atoms with Crippen molar-refractivity contribution in [3.63, 3.8) is 0 Å². The fourth-order valence-corrected chi connectivity index (χ4v) is 3.42. The van der Waals surface area contributed by atoms with Gasteiger partial charge < -0.3 is 9.64 Å². The Kier molecular flexibility index (Phi) is 3.87. The van der Waals surface area contributed by atoms with Gasteiger partial charge in [0.25, 0.3) is 5.91 Å². The van der Waals surface area contributed by atoms with Gasteiger partial charge in [-0.1, -0.05) is 41.6 Å². The molecule has 1 aliphatic rings. The highest BCUT2D eigenvalue weighted by Crippen LogP contribution is 2.20. The lowest BCUT2D eigenvalue weighted by atomic mass is 10.1. The van der Waals surface area contributed by atoms with Crippen molar-refractivity contribution in [2.45, 2.75) is 0 Å². The van der Waals surface area contributed by atoms with E-state index in [2.05, 4.69) is 15.3 Å². The van der Waals surface area contributed by atoms with E-state index in [-0.39, 0.29) is 17.2 Å². The van der Waals surface area contributed by atoms with Gasteiger partial charge in [0.1, 0.15) is 6.33 Å². The van der Waals surface area contributed by atoms with Crippen LogP contribution in [0, 0.1) is 0 Å². The maximum Gasteiger partial charge on any atom is 0.357 e. The average Bonchev–Trinajstić information content (AvgIpc) is 3.19. The van der Waals surface area contributed by atoms with Crippen LogP contribution in [-0.4, -0.2) is 61.5 Å². The van der Waals surface area contributed by atoms with Crippen molar-refractivity contribution < 1.29 is 9.53 Å². The monoisotopic (exact) mass is 376 g/mol. The number of carbonyl (C=O) groups excluding carboxylic acids is 1. The fraction of sp³-hybridized carbons (Fsp3) is 0.211. The Hall–Kier alpha value is -3.59. The number of benzene rings is 2. The van der Waals surface area contributed by atoms with Crippen molar-refractivity contribution in [3.8, 4) is 5.69 Å². The summed E-state index contributed by atoms with van der Waals surface area (Å²) in [7, 11) is 0. The summed E-state index contributed by atoms with van der Waals surface area (Å²) in [6, 6.07) is 13.4. The predicted molar refractivity (Wildman–Crippen MR) is 101 cm³/mol. The van der Waals surface area contributed by atoms with Crippen LogP contribution in [-0.2, 0) is 4.74 Å². The number of morpholine rings is 1. The van der Waals surface area contributed by atoms with E-state index >= 15 is 0 Å². The van der Waals surface area contributed by atoms with Crippen LogP contribution in [0.5, 0.6) is 0 Å². The summed E-state index contributed by atoms with van der Waals surface area (Å²) in [6.07, 6.45) is 1.32. The number of hydrogen-bond donors (Lipinski definition) is 0. The van der Waals surface area contributed by atoms with E-state index in [1.807, 2.05) is 36.4 Å². The average molecular weight is 376 g/mol. The summed E-state index contributed by atoms with van der Waals surface area (Å²) >= 11 is 0. The Morgan fingerprint density at radius 2 is 1.82 bits per heavy atom. The number of nitrogens with zero attached hydrogens (tertiary/aromatic N) is 6. The number of hydrogen-bond acceptors (Lipinski definition) is 6. The standard InChI is InChI=1S/C19H16N6O3/c26-18(23-8-10-28-11-9-23)16-17-21-22-25(19(27)24(17)12-20-16)15-7-3-5-13-4-1-2-6-14(13)15/h1-7,12H,8-11H2. The van der Waals surface area contributed by atoms with Gasteiger partial charge in [0.2, 0.25) is 0 Å². The van der Waals surface area contributed by atoms with E-state index in [1.165, 1.54) is 15.4 Å². The SMILES string of the molecule is O=C(c1ncn2c(=O)n(-c3cccc4ccccc34)nnc12)N1CCOCC1. The Morgan fingerprint density at radius 1 is 1.04 bits per heavy atom. The lowest BCUT2D eigenvalue weighted by molar-refractivity contribution is 0.0300. The minimum Gasteiger partial charge on any atom is -0.378 e. The van der Waals surface area contributed by atoms with Gasteiger partial charge in [-0.3, -0.25) is 4.79 Å². The van der Waals surface area contributed by atoms with Crippen molar-refractivity contribution in [2.75, 3.05) is 26.3 Å². The van der Waals surface area contributed by atoms with Gasteiger partial charge in [0.05, 0.1) is 18.9 Å². The van der Waals surface area contributed by atoms with E-state index in [0.717, 1.165) is 10.8 Å². The highest BCUT2D eigenvalue weighted by Gasteiger charge is 2.24. The number of rotatable bonds is 2. The molecule has 2 aromatic carbocycles. The molecule has 2 aromatic heterocycles. The smallest absolute Gasteiger partial charge is 0.357 e. The predicted octanol–water partition coefficient (Wildman–Crippen LogP) is 0.901. The minimum atomic E-state index is -0.435. The highest BCUT2D eigenvalue weighted by atomic mass is 16.5. The van der Waals surface area contributed by atoms with E-state index in [4.69, 9.17) is 4.74 Å². The number of amides is 1. The lowest BCUT2D eigenvalue weighted by Gasteiger charge is -2.25. The van der Waals surface area contributed by atoms with E-state index in [9.17, 15) is 9.59 Å². The van der Waals surface area contributed by atoms with Crippen LogP contribution in [0.25, 0.3) is 22.1 Å². The summed E-state index contributed by atoms with van der Waals surface area (Å²) < 4.78 is 7.75. The zero-order chi connectivity index (χ0) is 19.1. The largest absolute Gasteiger partial charge is 0.378 e. The Balaban J connectivity index is 1.63. The second-order valence-electron chi connectivity index (χ2n) is 6.47. The quantitative estimate of drug-likeness (QED) is 0.516. The van der Waals surface area contributed by atoms with Gasteiger partial charge in [-0.25, -0.2) is 14.2 Å². The number of imidazole rings is 1. The fourth-order valence-electron chi connectivity index (χ4n) is 3.42. The Labute approximate surface area is 158 Å². The zero-order valence-electron chi connectivity index (χ0n) is 14.9. The van der Waals surface area contributed by atoms with Crippen molar-refractivity contribution in [2.24, 2.45) is 0 Å². The first-order chi connectivity index (χ1) is 13.7. The molecule has 0 unspecified atom stereocenters. The first-order valence-corrected chi connectivity index (χ1v) is 8.92. The summed E-state index contributed by atoms with van der Waals surface area (Å²) in [6.45, 7) is 1.94. The highest BCUT2D eigenvalue weighted by molar-refractivity contribution is 5.98. The Morgan fingerprint density at radius 3 is 2.68 bits per heavy atom. The van der Waals surface area contributed by atoms with Crippen LogP contribution >= 0.6 is 0 Å². The normalized spacial score (nSPS) is 14.6. The molecule has 1 amide bonds. The summed E-state index contributed by atoms with van der Waals surface area (Å²) in [4.78, 5) is 31.5. The molecule has 9 nitrogen and oxygen atoms in total. The summed E-state index contributed by atoms with van der Waals surface area (Å²) in [5.74, 6) is -0.276. The van der Waals surface area contributed by atoms with Gasteiger partial charge in [-0.2, -0.15) is 4.68 Å². The molecule has 0 atom stereocenters. The van der Waals surface area contributed by atoms with Gasteiger partial charge in [0, 0.05) is 18.5 Å². The van der Waals surface area contributed by atoms with Crippen molar-refractivity contribution in [3.05, 3.63) is 65.0 Å². The van der Waals surface area contributed by atoms with E-state index in [1.54, 1.807) is 11.0 Å². The number of fused-ring (bicyclic) bond motifs is 2. The van der Waals surface area contributed by atoms with Crippen LogP contribution in [0.3, 0.4) is 0 Å². The van der Waals surface area contributed by atoms with Gasteiger partial charge in [-0.05, 0) is 11.5 Å². The minimum absolute atomic E-state index is 0.122. The molecule has 0 aliphatic carbocycles. The Bertz CT molecular complexity index is 1250. The molecule has 3 heterocycles. The number of carbonyl (C=O) groups is 1. The first-order valence-electron chi connectivity index (χ1n) is 8.92. The van der Waals surface area contributed by atoms with Crippen LogP contribution in [0.15, 0.2) is 53.6 Å². The molecule has 1 aliphatic heterocycles. The maximum absolute atomic E-state index is 13.0. The van der Waals surface area contributed by atoms with Crippen LogP contribution in [0.4, 0.5) is 0 Å². The first kappa shape index (κ1) is 16.6. The molecule has 0 bridgehead atoms. The van der Waals surface area contributed by atoms with Gasteiger partial charge in [-0.15, -0.1) is 5.10 Å². The third-order valence-corrected chi connectivity index (χ3v) is 4.85. The maximum atomic E-state index is 13.0. The molecular formula is C19H16N6O3. The third-order valence-electron chi connectivity index (χ3n) is 4.85. The second kappa shape index (κ2) is 6.54. The molecular weight excluding hydrogens is 360 g/mol. The molecule has 0 saturated carbocycles. The van der Waals surface area contributed by atoms with Crippen LogP contribution in [0.2, 0.25) is 0 Å². The number of ether oxygens (including phenoxy) is 1. The molecule has 0 radical (unpaired) electrons. The molecule has 0 N–H and O–H groups in total. The zero-order valence-corrected chi connectivity index (χ0v) is 14.9. The molecule has 0 spiro atoms. The number of aromatic nitrogens is 5. The lowest BCUT2D eigenvalue weighted by Crippen LogP contribution is -2.41. The second-order valence-corrected chi connectivity index (χ2v) is 6.47. The van der Waals surface area contributed by atoms with Crippen molar-refractivity contribution >= 4 is 22.3 Å². The molecule has 9 heteroatoms. The molecule has 4 aromatic rings. The van der Waals surface area contributed by atoms with E-state index in [0.29, 0.717) is 32.0 Å². The topological polar surface area (TPSA) is 94.6 Å². The summed E-state index contributed by atoms with van der Waals surface area (Å²) in [5, 5.41) is 10.1. The van der Waals surface area contributed by atoms with Crippen LogP contribution in [0.1, 0.15) is 10.5 Å².